The molecule has 0 bridgehead atoms. The van der Waals surface area contributed by atoms with Crippen LogP contribution in [0.2, 0.25) is 0 Å². The van der Waals surface area contributed by atoms with E-state index in [4.69, 9.17) is 4.74 Å². The Hall–Kier alpha value is -2.40. The van der Waals surface area contributed by atoms with Crippen LogP contribution in [0.15, 0.2) is 72.1 Å². The van der Waals surface area contributed by atoms with Gasteiger partial charge in [-0.15, -0.1) is 6.58 Å². The van der Waals surface area contributed by atoms with Crippen LogP contribution in [-0.4, -0.2) is 19.6 Å². The van der Waals surface area contributed by atoms with Crippen molar-refractivity contribution in [3.63, 3.8) is 0 Å². The largest absolute Gasteiger partial charge is 0.456 e. The molecule has 5 heteroatoms. The SMILES string of the molecule is C=C[C@H]([C@@H](OC(C)=O)c1ccccc1)S(=O)(=O)c1ccc(C)cc1. The number of carbonyl (C=O) groups is 1. The zero-order valence-electron chi connectivity index (χ0n) is 13.7. The molecule has 24 heavy (non-hydrogen) atoms. The Bertz CT molecular complexity index is 808. The molecule has 0 aliphatic heterocycles. The summed E-state index contributed by atoms with van der Waals surface area (Å²) >= 11 is 0. The number of esters is 1. The van der Waals surface area contributed by atoms with Gasteiger partial charge in [-0.3, -0.25) is 4.79 Å². The Morgan fingerprint density at radius 1 is 1.08 bits per heavy atom. The summed E-state index contributed by atoms with van der Waals surface area (Å²) in [6, 6.07) is 15.4. The summed E-state index contributed by atoms with van der Waals surface area (Å²) in [4.78, 5) is 11.7. The third-order valence-electron chi connectivity index (χ3n) is 3.66. The standard InChI is InChI=1S/C19H20O4S/c1-4-18(24(21,22)17-12-10-14(2)11-13-17)19(23-15(3)20)16-8-6-5-7-9-16/h4-13,18-19H,1H2,2-3H3/t18-,19+/m1/s1. The highest BCUT2D eigenvalue weighted by Gasteiger charge is 2.35. The van der Waals surface area contributed by atoms with E-state index in [9.17, 15) is 13.2 Å². The molecule has 2 aromatic rings. The number of hydrogen-bond acceptors (Lipinski definition) is 4. The lowest BCUT2D eigenvalue weighted by molar-refractivity contribution is -0.146. The van der Waals surface area contributed by atoms with E-state index < -0.39 is 27.2 Å². The van der Waals surface area contributed by atoms with Gasteiger partial charge in [0.25, 0.3) is 0 Å². The number of hydrogen-bond donors (Lipinski definition) is 0. The predicted octanol–water partition coefficient (Wildman–Crippen LogP) is 3.63. The minimum Gasteiger partial charge on any atom is -0.456 e. The predicted molar refractivity (Wildman–Crippen MR) is 93.3 cm³/mol. The van der Waals surface area contributed by atoms with Crippen LogP contribution in [0.4, 0.5) is 0 Å². The van der Waals surface area contributed by atoms with Crippen molar-refractivity contribution in [3.8, 4) is 0 Å². The van der Waals surface area contributed by atoms with Gasteiger partial charge in [0, 0.05) is 6.92 Å². The smallest absolute Gasteiger partial charge is 0.303 e. The van der Waals surface area contributed by atoms with Gasteiger partial charge in [0.1, 0.15) is 11.4 Å². The molecule has 0 saturated carbocycles. The molecule has 0 unspecified atom stereocenters. The molecule has 0 N–H and O–H groups in total. The Morgan fingerprint density at radius 2 is 1.67 bits per heavy atom. The number of aryl methyl sites for hydroxylation is 1. The second-order valence-corrected chi connectivity index (χ2v) is 7.60. The van der Waals surface area contributed by atoms with Gasteiger partial charge in [0.15, 0.2) is 9.84 Å². The molecule has 0 aromatic heterocycles. The molecule has 2 atom stereocenters. The van der Waals surface area contributed by atoms with Gasteiger partial charge in [-0.25, -0.2) is 8.42 Å². The van der Waals surface area contributed by atoms with Crippen molar-refractivity contribution in [1.82, 2.24) is 0 Å². The summed E-state index contributed by atoms with van der Waals surface area (Å²) < 4.78 is 31.3. The first-order valence-corrected chi connectivity index (χ1v) is 9.06. The molecule has 0 heterocycles. The molecule has 0 saturated heterocycles. The summed E-state index contributed by atoms with van der Waals surface area (Å²) in [6.45, 7) is 6.79. The lowest BCUT2D eigenvalue weighted by atomic mass is 10.1. The van der Waals surface area contributed by atoms with Gasteiger partial charge >= 0.3 is 5.97 Å². The van der Waals surface area contributed by atoms with Crippen molar-refractivity contribution in [2.45, 2.75) is 30.1 Å². The first-order valence-electron chi connectivity index (χ1n) is 7.51. The number of rotatable bonds is 6. The maximum absolute atomic E-state index is 13.0. The quantitative estimate of drug-likeness (QED) is 0.593. The zero-order valence-corrected chi connectivity index (χ0v) is 14.5. The molecular weight excluding hydrogens is 324 g/mol. The van der Waals surface area contributed by atoms with E-state index in [1.807, 2.05) is 13.0 Å². The maximum Gasteiger partial charge on any atom is 0.303 e. The zero-order chi connectivity index (χ0) is 17.7. The highest BCUT2D eigenvalue weighted by atomic mass is 32.2. The Kier molecular flexibility index (Phi) is 5.57. The van der Waals surface area contributed by atoms with Gasteiger partial charge < -0.3 is 4.74 Å². The van der Waals surface area contributed by atoms with Crippen LogP contribution in [0.1, 0.15) is 24.2 Å². The van der Waals surface area contributed by atoms with Gasteiger partial charge in [-0.1, -0.05) is 54.1 Å². The van der Waals surface area contributed by atoms with Crippen molar-refractivity contribution in [2.75, 3.05) is 0 Å². The number of benzene rings is 2. The van der Waals surface area contributed by atoms with Crippen LogP contribution in [-0.2, 0) is 19.4 Å². The van der Waals surface area contributed by atoms with Gasteiger partial charge in [-0.2, -0.15) is 0 Å². The first-order chi connectivity index (χ1) is 11.4. The molecule has 0 aliphatic carbocycles. The molecule has 2 aromatic carbocycles. The Balaban J connectivity index is 2.50. The Morgan fingerprint density at radius 3 is 2.17 bits per heavy atom. The number of carbonyl (C=O) groups excluding carboxylic acids is 1. The lowest BCUT2D eigenvalue weighted by Gasteiger charge is -2.24. The topological polar surface area (TPSA) is 60.4 Å². The fourth-order valence-corrected chi connectivity index (χ4v) is 4.07. The van der Waals surface area contributed by atoms with Crippen molar-refractivity contribution >= 4 is 15.8 Å². The van der Waals surface area contributed by atoms with Gasteiger partial charge in [-0.05, 0) is 24.6 Å². The summed E-state index contributed by atoms with van der Waals surface area (Å²) in [5.41, 5.74) is 1.57. The second-order valence-electron chi connectivity index (χ2n) is 5.50. The highest BCUT2D eigenvalue weighted by Crippen LogP contribution is 2.31. The van der Waals surface area contributed by atoms with E-state index in [0.29, 0.717) is 5.56 Å². The van der Waals surface area contributed by atoms with Crippen LogP contribution >= 0.6 is 0 Å². The minimum absolute atomic E-state index is 0.172. The lowest BCUT2D eigenvalue weighted by Crippen LogP contribution is -2.29. The average Bonchev–Trinajstić information content (AvgIpc) is 2.55. The third-order valence-corrected chi connectivity index (χ3v) is 5.75. The van der Waals surface area contributed by atoms with Crippen LogP contribution < -0.4 is 0 Å². The summed E-state index contributed by atoms with van der Waals surface area (Å²) in [5, 5.41) is -1.08. The van der Waals surface area contributed by atoms with Crippen LogP contribution in [0.5, 0.6) is 0 Å². The average molecular weight is 344 g/mol. The summed E-state index contributed by atoms with van der Waals surface area (Å²) in [6.07, 6.45) is 0.364. The fourth-order valence-electron chi connectivity index (χ4n) is 2.44. The second kappa shape index (κ2) is 7.45. The van der Waals surface area contributed by atoms with E-state index in [1.54, 1.807) is 48.5 Å². The van der Waals surface area contributed by atoms with E-state index in [-0.39, 0.29) is 4.90 Å². The molecular formula is C19H20O4S. The Labute approximate surface area is 142 Å². The molecule has 0 spiro atoms. The van der Waals surface area contributed by atoms with Crippen molar-refractivity contribution in [3.05, 3.63) is 78.4 Å². The highest BCUT2D eigenvalue weighted by molar-refractivity contribution is 7.92. The van der Waals surface area contributed by atoms with E-state index >= 15 is 0 Å². The molecule has 0 radical (unpaired) electrons. The van der Waals surface area contributed by atoms with Gasteiger partial charge in [0.05, 0.1) is 4.90 Å². The van der Waals surface area contributed by atoms with Crippen LogP contribution in [0.3, 0.4) is 0 Å². The molecule has 4 nitrogen and oxygen atoms in total. The molecule has 0 aliphatic rings. The molecule has 0 amide bonds. The number of sulfone groups is 1. The van der Waals surface area contributed by atoms with E-state index in [1.165, 1.54) is 13.0 Å². The maximum atomic E-state index is 13.0. The van der Waals surface area contributed by atoms with Crippen molar-refractivity contribution in [1.29, 1.82) is 0 Å². The van der Waals surface area contributed by atoms with Crippen LogP contribution in [0.25, 0.3) is 0 Å². The summed E-state index contributed by atoms with van der Waals surface area (Å²) in [7, 11) is -3.76. The molecule has 0 fully saturated rings. The van der Waals surface area contributed by atoms with Crippen molar-refractivity contribution < 1.29 is 17.9 Å². The van der Waals surface area contributed by atoms with Crippen LogP contribution in [0, 0.1) is 6.92 Å². The third kappa shape index (κ3) is 3.92. The first kappa shape index (κ1) is 17.9. The molecule has 126 valence electrons. The van der Waals surface area contributed by atoms with E-state index in [2.05, 4.69) is 6.58 Å². The van der Waals surface area contributed by atoms with Crippen molar-refractivity contribution in [2.24, 2.45) is 0 Å². The van der Waals surface area contributed by atoms with Gasteiger partial charge in [0.2, 0.25) is 0 Å². The summed E-state index contributed by atoms with van der Waals surface area (Å²) in [5.74, 6) is -0.546. The normalized spacial score (nSPS) is 13.8. The molecule has 2 rings (SSSR count). The fraction of sp³-hybridized carbons (Fsp3) is 0.211. The van der Waals surface area contributed by atoms with E-state index in [0.717, 1.165) is 5.56 Å². The monoisotopic (exact) mass is 344 g/mol. The minimum atomic E-state index is -3.76. The number of ether oxygens (including phenoxy) is 1.